The van der Waals surface area contributed by atoms with E-state index in [-0.39, 0.29) is 0 Å². The molecule has 1 heterocycles. The Morgan fingerprint density at radius 1 is 1.15 bits per heavy atom. The average molecular weight is 384 g/mol. The molecule has 2 rings (SSSR count). The largest absolute Gasteiger partial charge is 0.388 e. The van der Waals surface area contributed by atoms with Gasteiger partial charge in [-0.15, -0.1) is 0 Å². The van der Waals surface area contributed by atoms with Gasteiger partial charge in [0, 0.05) is 16.2 Å². The molecular weight excluding hydrogens is 363 g/mol. The van der Waals surface area contributed by atoms with Gasteiger partial charge in [-0.3, -0.25) is 4.68 Å². The molecular formula is C16H21IN2O. The Morgan fingerprint density at radius 3 is 2.40 bits per heavy atom. The van der Waals surface area contributed by atoms with E-state index >= 15 is 0 Å². The minimum Gasteiger partial charge on any atom is -0.388 e. The highest BCUT2D eigenvalue weighted by Gasteiger charge is 2.12. The molecule has 108 valence electrons. The molecule has 0 bridgehead atoms. The third-order valence-corrected chi connectivity index (χ3v) is 4.36. The molecule has 0 radical (unpaired) electrons. The second-order valence-corrected chi connectivity index (χ2v) is 6.27. The van der Waals surface area contributed by atoms with Crippen molar-refractivity contribution < 1.29 is 5.11 Å². The average Bonchev–Trinajstić information content (AvgIpc) is 2.89. The Bertz CT molecular complexity index is 532. The molecule has 0 saturated heterocycles. The quantitative estimate of drug-likeness (QED) is 0.761. The predicted octanol–water partition coefficient (Wildman–Crippen LogP) is 4.12. The fourth-order valence-electron chi connectivity index (χ4n) is 2.35. The van der Waals surface area contributed by atoms with Crippen LogP contribution in [0.4, 0.5) is 0 Å². The summed E-state index contributed by atoms with van der Waals surface area (Å²) in [5, 5.41) is 14.9. The van der Waals surface area contributed by atoms with Crippen LogP contribution in [0.1, 0.15) is 50.1 Å². The Balaban J connectivity index is 2.04. The highest BCUT2D eigenvalue weighted by atomic mass is 127. The Labute approximate surface area is 134 Å². The molecule has 0 saturated carbocycles. The van der Waals surface area contributed by atoms with Crippen LogP contribution >= 0.6 is 22.6 Å². The summed E-state index contributed by atoms with van der Waals surface area (Å²) >= 11 is 2.27. The number of hydrogen-bond donors (Lipinski definition) is 1. The lowest BCUT2D eigenvalue weighted by Crippen LogP contribution is -2.09. The van der Waals surface area contributed by atoms with Crippen molar-refractivity contribution in [3.8, 4) is 0 Å². The summed E-state index contributed by atoms with van der Waals surface area (Å²) in [4.78, 5) is 0. The first-order chi connectivity index (χ1) is 9.63. The van der Waals surface area contributed by atoms with E-state index < -0.39 is 6.10 Å². The molecule has 1 unspecified atom stereocenters. The first kappa shape index (κ1) is 15.5. The number of benzene rings is 1. The molecule has 0 aliphatic rings. The van der Waals surface area contributed by atoms with Crippen molar-refractivity contribution in [3.05, 3.63) is 51.4 Å². The van der Waals surface area contributed by atoms with Crippen LogP contribution in [0, 0.1) is 3.57 Å². The fraction of sp³-hybridized carbons (Fsp3) is 0.438. The zero-order valence-corrected chi connectivity index (χ0v) is 14.1. The van der Waals surface area contributed by atoms with Crippen LogP contribution in [0.5, 0.6) is 0 Å². The second kappa shape index (κ2) is 7.22. The van der Waals surface area contributed by atoms with Gasteiger partial charge in [0.2, 0.25) is 0 Å². The minimum absolute atomic E-state index is 0.458. The van der Waals surface area contributed by atoms with Crippen molar-refractivity contribution in [2.24, 2.45) is 0 Å². The van der Waals surface area contributed by atoms with E-state index in [9.17, 15) is 5.11 Å². The van der Waals surface area contributed by atoms with E-state index in [2.05, 4.69) is 41.5 Å². The summed E-state index contributed by atoms with van der Waals surface area (Å²) in [5.41, 5.74) is 1.89. The topological polar surface area (TPSA) is 38.0 Å². The van der Waals surface area contributed by atoms with Gasteiger partial charge in [0.1, 0.15) is 0 Å². The van der Waals surface area contributed by atoms with Crippen molar-refractivity contribution in [1.82, 2.24) is 9.78 Å². The Morgan fingerprint density at radius 2 is 1.80 bits per heavy atom. The van der Waals surface area contributed by atoms with Crippen molar-refractivity contribution >= 4 is 22.6 Å². The van der Waals surface area contributed by atoms with Crippen LogP contribution in [0.25, 0.3) is 0 Å². The number of rotatable bonds is 6. The number of halogens is 1. The Kier molecular flexibility index (Phi) is 5.60. The third kappa shape index (κ3) is 3.82. The molecule has 3 nitrogen and oxygen atoms in total. The van der Waals surface area contributed by atoms with Gasteiger partial charge in [-0.05, 0) is 59.2 Å². The number of aromatic nitrogens is 2. The highest BCUT2D eigenvalue weighted by molar-refractivity contribution is 14.1. The minimum atomic E-state index is -0.489. The van der Waals surface area contributed by atoms with Gasteiger partial charge in [-0.1, -0.05) is 26.0 Å². The summed E-state index contributed by atoms with van der Waals surface area (Å²) in [6.07, 6.45) is 4.26. The smallest absolute Gasteiger partial charge is 0.0846 e. The number of aliphatic hydroxyl groups is 1. The van der Waals surface area contributed by atoms with Gasteiger partial charge in [-0.2, -0.15) is 5.10 Å². The lowest BCUT2D eigenvalue weighted by Gasteiger charge is -2.13. The molecule has 1 N–H and O–H groups in total. The molecule has 4 heteroatoms. The number of nitrogens with zero attached hydrogens (tertiary/aromatic N) is 2. The van der Waals surface area contributed by atoms with Crippen molar-refractivity contribution in [1.29, 1.82) is 0 Å². The SMILES string of the molecule is CCC(CC)n1ccc(CC(O)c2ccc(I)cc2)n1. The number of hydrogen-bond acceptors (Lipinski definition) is 2. The van der Waals surface area contributed by atoms with E-state index in [4.69, 9.17) is 0 Å². The van der Waals surface area contributed by atoms with E-state index in [1.165, 1.54) is 3.57 Å². The normalized spacial score (nSPS) is 12.8. The first-order valence-corrected chi connectivity index (χ1v) is 8.19. The van der Waals surface area contributed by atoms with E-state index in [1.807, 2.05) is 41.2 Å². The summed E-state index contributed by atoms with van der Waals surface area (Å²) in [6.45, 7) is 4.35. The lowest BCUT2D eigenvalue weighted by atomic mass is 10.1. The molecule has 0 aliphatic carbocycles. The zero-order valence-electron chi connectivity index (χ0n) is 12.0. The molecule has 0 amide bonds. The van der Waals surface area contributed by atoms with Crippen LogP contribution in [0.2, 0.25) is 0 Å². The van der Waals surface area contributed by atoms with Gasteiger partial charge in [0.25, 0.3) is 0 Å². The molecule has 0 aliphatic heterocycles. The monoisotopic (exact) mass is 384 g/mol. The first-order valence-electron chi connectivity index (χ1n) is 7.11. The molecule has 0 spiro atoms. The van der Waals surface area contributed by atoms with Crippen LogP contribution in [0.15, 0.2) is 36.5 Å². The van der Waals surface area contributed by atoms with Gasteiger partial charge >= 0.3 is 0 Å². The zero-order chi connectivity index (χ0) is 14.5. The Hall–Kier alpha value is -0.880. The van der Waals surface area contributed by atoms with Gasteiger partial charge in [0.15, 0.2) is 0 Å². The predicted molar refractivity (Wildman–Crippen MR) is 89.7 cm³/mol. The maximum atomic E-state index is 10.3. The lowest BCUT2D eigenvalue weighted by molar-refractivity contribution is 0.176. The second-order valence-electron chi connectivity index (χ2n) is 5.03. The molecule has 1 atom stereocenters. The molecule has 2 aromatic rings. The fourth-order valence-corrected chi connectivity index (χ4v) is 2.71. The van der Waals surface area contributed by atoms with E-state index in [0.29, 0.717) is 12.5 Å². The van der Waals surface area contributed by atoms with Crippen LogP contribution in [-0.2, 0) is 6.42 Å². The maximum absolute atomic E-state index is 10.3. The van der Waals surface area contributed by atoms with Gasteiger partial charge < -0.3 is 5.11 Å². The van der Waals surface area contributed by atoms with Crippen molar-refractivity contribution in [2.45, 2.75) is 45.3 Å². The number of aliphatic hydroxyl groups excluding tert-OH is 1. The maximum Gasteiger partial charge on any atom is 0.0846 e. The van der Waals surface area contributed by atoms with Crippen molar-refractivity contribution in [3.63, 3.8) is 0 Å². The third-order valence-electron chi connectivity index (χ3n) is 3.64. The summed E-state index contributed by atoms with van der Waals surface area (Å²) in [6, 6.07) is 10.5. The molecule has 20 heavy (non-hydrogen) atoms. The van der Waals surface area contributed by atoms with Crippen LogP contribution in [-0.4, -0.2) is 14.9 Å². The van der Waals surface area contributed by atoms with E-state index in [1.54, 1.807) is 0 Å². The molecule has 1 aromatic heterocycles. The molecule has 1 aromatic carbocycles. The summed E-state index contributed by atoms with van der Waals surface area (Å²) < 4.78 is 3.20. The van der Waals surface area contributed by atoms with Crippen molar-refractivity contribution in [2.75, 3.05) is 0 Å². The highest BCUT2D eigenvalue weighted by Crippen LogP contribution is 2.20. The van der Waals surface area contributed by atoms with Crippen LogP contribution in [0.3, 0.4) is 0 Å². The summed E-state index contributed by atoms with van der Waals surface area (Å²) in [7, 11) is 0. The summed E-state index contributed by atoms with van der Waals surface area (Å²) in [5.74, 6) is 0. The standard InChI is InChI=1S/C16H21IN2O/c1-3-15(4-2)19-10-9-14(18-19)11-16(20)12-5-7-13(17)8-6-12/h5-10,15-16,20H,3-4,11H2,1-2H3. The molecule has 0 fully saturated rings. The van der Waals surface area contributed by atoms with Gasteiger partial charge in [0.05, 0.1) is 17.8 Å². The van der Waals surface area contributed by atoms with Gasteiger partial charge in [-0.25, -0.2) is 0 Å². The van der Waals surface area contributed by atoms with E-state index in [0.717, 1.165) is 24.1 Å². The van der Waals surface area contributed by atoms with Crippen LogP contribution < -0.4 is 0 Å².